The molecule has 1 aromatic rings. The first kappa shape index (κ1) is 20.8. The third-order valence-electron chi connectivity index (χ3n) is 7.37. The second-order valence-corrected chi connectivity index (χ2v) is 10.8. The Hall–Kier alpha value is -1.49. The van der Waals surface area contributed by atoms with Crippen molar-refractivity contribution in [3.8, 4) is 0 Å². The molecule has 4 aliphatic carbocycles. The lowest BCUT2D eigenvalue weighted by Gasteiger charge is -2.54. The lowest BCUT2D eigenvalue weighted by atomic mass is 9.56. The summed E-state index contributed by atoms with van der Waals surface area (Å²) in [6, 6.07) is 9.37. The van der Waals surface area contributed by atoms with Gasteiger partial charge in [0.2, 0.25) is 5.91 Å². The molecule has 0 heterocycles. The third-order valence-corrected chi connectivity index (χ3v) is 8.99. The molecule has 5 heteroatoms. The van der Waals surface area contributed by atoms with Gasteiger partial charge in [0.05, 0.1) is 0 Å². The van der Waals surface area contributed by atoms with E-state index in [2.05, 4.69) is 29.2 Å². The number of rotatable bonds is 9. The number of carbonyl (C=O) groups is 2. The van der Waals surface area contributed by atoms with Crippen molar-refractivity contribution in [1.82, 2.24) is 5.32 Å². The maximum atomic E-state index is 12.4. The molecule has 0 saturated heterocycles. The topological polar surface area (TPSA) is 66.4 Å². The van der Waals surface area contributed by atoms with Crippen LogP contribution in [0.25, 0.3) is 0 Å². The fourth-order valence-electron chi connectivity index (χ4n) is 6.19. The van der Waals surface area contributed by atoms with Gasteiger partial charge in [-0.05, 0) is 86.4 Å². The van der Waals surface area contributed by atoms with Crippen LogP contribution in [0.1, 0.15) is 63.4 Å². The predicted molar refractivity (Wildman–Crippen MR) is 117 cm³/mol. The molecule has 0 radical (unpaired) electrons. The highest BCUT2D eigenvalue weighted by Gasteiger charge is 2.48. The number of benzene rings is 1. The summed E-state index contributed by atoms with van der Waals surface area (Å²) >= 11 is 2.16. The summed E-state index contributed by atoms with van der Waals surface area (Å²) < 4.78 is 0. The average Bonchev–Trinajstić information content (AvgIpc) is 2.69. The molecule has 158 valence electrons. The van der Waals surface area contributed by atoms with Gasteiger partial charge in [-0.3, -0.25) is 9.59 Å². The van der Waals surface area contributed by atoms with E-state index < -0.39 is 12.0 Å². The van der Waals surface area contributed by atoms with Crippen LogP contribution in [0.15, 0.2) is 30.3 Å². The van der Waals surface area contributed by atoms with Crippen LogP contribution in [0, 0.1) is 23.7 Å². The Bertz CT molecular complexity index is 694. The number of aliphatic carboxylic acids is 1. The Morgan fingerprint density at radius 1 is 1.07 bits per heavy atom. The highest BCUT2D eigenvalue weighted by atomic mass is 32.2. The lowest BCUT2D eigenvalue weighted by Crippen LogP contribution is -2.46. The van der Waals surface area contributed by atoms with Crippen LogP contribution >= 0.6 is 11.8 Å². The Morgan fingerprint density at radius 3 is 2.28 bits per heavy atom. The Kier molecular flexibility index (Phi) is 6.53. The summed E-state index contributed by atoms with van der Waals surface area (Å²) in [5.41, 5.74) is 1.18. The molecular weight excluding hydrogens is 382 g/mol. The van der Waals surface area contributed by atoms with E-state index in [1.807, 2.05) is 18.2 Å². The van der Waals surface area contributed by atoms with Gasteiger partial charge in [-0.2, -0.15) is 11.8 Å². The molecule has 4 saturated carbocycles. The summed E-state index contributed by atoms with van der Waals surface area (Å²) in [6.45, 7) is 1.51. The van der Waals surface area contributed by atoms with Gasteiger partial charge in [-0.25, -0.2) is 0 Å². The number of amides is 1. The van der Waals surface area contributed by atoms with Crippen LogP contribution in [0.5, 0.6) is 0 Å². The van der Waals surface area contributed by atoms with Crippen molar-refractivity contribution in [2.24, 2.45) is 23.7 Å². The van der Waals surface area contributed by atoms with Crippen molar-refractivity contribution in [2.45, 2.75) is 69.1 Å². The number of hydrogen-bond acceptors (Lipinski definition) is 3. The molecule has 0 aromatic heterocycles. The van der Waals surface area contributed by atoms with Crippen LogP contribution in [0.3, 0.4) is 0 Å². The van der Waals surface area contributed by atoms with Crippen molar-refractivity contribution in [3.63, 3.8) is 0 Å². The van der Waals surface area contributed by atoms with Crippen LogP contribution in [0.4, 0.5) is 0 Å². The van der Waals surface area contributed by atoms with Crippen molar-refractivity contribution < 1.29 is 14.7 Å². The minimum Gasteiger partial charge on any atom is -0.480 e. The maximum Gasteiger partial charge on any atom is 0.325 e. The maximum absolute atomic E-state index is 12.4. The number of carbonyl (C=O) groups excluding carboxylic acids is 1. The summed E-state index contributed by atoms with van der Waals surface area (Å²) in [5.74, 6) is 3.91. The van der Waals surface area contributed by atoms with Gasteiger partial charge in [0.1, 0.15) is 6.04 Å². The van der Waals surface area contributed by atoms with Gasteiger partial charge >= 0.3 is 5.97 Å². The van der Waals surface area contributed by atoms with E-state index in [9.17, 15) is 9.59 Å². The van der Waals surface area contributed by atoms with E-state index in [1.165, 1.54) is 44.6 Å². The number of hydrogen-bond donors (Lipinski definition) is 2. The molecule has 1 amide bonds. The second-order valence-electron chi connectivity index (χ2n) is 9.49. The monoisotopic (exact) mass is 415 g/mol. The zero-order valence-electron chi connectivity index (χ0n) is 17.3. The van der Waals surface area contributed by atoms with Gasteiger partial charge < -0.3 is 10.4 Å². The van der Waals surface area contributed by atoms with Crippen LogP contribution in [-0.4, -0.2) is 34.0 Å². The van der Waals surface area contributed by atoms with Crippen LogP contribution in [0.2, 0.25) is 0 Å². The molecule has 0 spiro atoms. The molecular formula is C24H33NO3S. The van der Waals surface area contributed by atoms with Crippen molar-refractivity contribution in [1.29, 1.82) is 0 Å². The van der Waals surface area contributed by atoms with E-state index in [0.717, 1.165) is 41.1 Å². The summed E-state index contributed by atoms with van der Waals surface area (Å²) in [7, 11) is 0. The fraction of sp³-hybridized carbons (Fsp3) is 0.667. The highest BCUT2D eigenvalue weighted by Crippen LogP contribution is 2.57. The van der Waals surface area contributed by atoms with E-state index in [4.69, 9.17) is 5.11 Å². The average molecular weight is 416 g/mol. The van der Waals surface area contributed by atoms with Crippen LogP contribution < -0.4 is 5.32 Å². The first-order chi connectivity index (χ1) is 14.0. The van der Waals surface area contributed by atoms with E-state index in [1.54, 1.807) is 0 Å². The second kappa shape index (κ2) is 9.11. The molecule has 0 aliphatic heterocycles. The van der Waals surface area contributed by atoms with Crippen molar-refractivity contribution >= 4 is 23.6 Å². The molecule has 4 fully saturated rings. The molecule has 4 bridgehead atoms. The van der Waals surface area contributed by atoms with Crippen LogP contribution in [-0.2, 0) is 9.59 Å². The molecule has 4 aliphatic rings. The molecule has 4 nitrogen and oxygen atoms in total. The predicted octanol–water partition coefficient (Wildman–Crippen LogP) is 4.70. The summed E-state index contributed by atoms with van der Waals surface area (Å²) in [6.07, 6.45) is 8.59. The van der Waals surface area contributed by atoms with Gasteiger partial charge in [-0.15, -0.1) is 0 Å². The minimum atomic E-state index is -0.993. The molecule has 1 unspecified atom stereocenters. The van der Waals surface area contributed by atoms with E-state index in [0.29, 0.717) is 6.42 Å². The zero-order valence-corrected chi connectivity index (χ0v) is 18.1. The molecule has 29 heavy (non-hydrogen) atoms. The summed E-state index contributed by atoms with van der Waals surface area (Å²) in [5, 5.41) is 12.5. The number of nitrogens with one attached hydrogen (secondary N) is 1. The lowest BCUT2D eigenvalue weighted by molar-refractivity contribution is -0.141. The molecule has 5 rings (SSSR count). The Balaban J connectivity index is 1.33. The molecule has 2 atom stereocenters. The first-order valence-electron chi connectivity index (χ1n) is 11.2. The molecule has 2 N–H and O–H groups in total. The quantitative estimate of drug-likeness (QED) is 0.614. The molecule has 1 aromatic carbocycles. The van der Waals surface area contributed by atoms with Crippen molar-refractivity contribution in [2.75, 3.05) is 5.75 Å². The minimum absolute atomic E-state index is 0.140. The highest BCUT2D eigenvalue weighted by molar-refractivity contribution is 7.99. The first-order valence-corrected chi connectivity index (χ1v) is 12.2. The number of thioether (sulfide) groups is 1. The largest absolute Gasteiger partial charge is 0.480 e. The third kappa shape index (κ3) is 4.99. The SMILES string of the molecule is C[C@H](NC(=O)CC(CCSC1C2CC3CC(C2)CC1C3)c1ccccc1)C(=O)O. The van der Waals surface area contributed by atoms with Gasteiger partial charge in [0.25, 0.3) is 0 Å². The number of carboxylic acids is 1. The normalized spacial score (nSPS) is 32.0. The van der Waals surface area contributed by atoms with E-state index in [-0.39, 0.29) is 11.8 Å². The number of carboxylic acid groups (broad SMARTS) is 1. The standard InChI is InChI=1S/C24H33NO3S/c1-15(24(27)28)25-22(26)14-19(18-5-3-2-4-6-18)7-8-29-23-20-10-16-9-17(12-20)13-21(23)11-16/h2-6,15-17,19-21,23H,7-14H2,1H3,(H,25,26)(H,27,28)/t15-,16?,17?,19?,20?,21?,23?/m0/s1. The van der Waals surface area contributed by atoms with E-state index >= 15 is 0 Å². The van der Waals surface area contributed by atoms with Crippen molar-refractivity contribution in [3.05, 3.63) is 35.9 Å². The fourth-order valence-corrected chi connectivity index (χ4v) is 7.87. The Labute approximate surface area is 178 Å². The Morgan fingerprint density at radius 2 is 1.69 bits per heavy atom. The van der Waals surface area contributed by atoms with Gasteiger partial charge in [0.15, 0.2) is 0 Å². The summed E-state index contributed by atoms with van der Waals surface area (Å²) in [4.78, 5) is 23.5. The van der Waals surface area contributed by atoms with Gasteiger partial charge in [0, 0.05) is 11.7 Å². The smallest absolute Gasteiger partial charge is 0.325 e. The van der Waals surface area contributed by atoms with Gasteiger partial charge in [-0.1, -0.05) is 30.3 Å². The zero-order chi connectivity index (χ0) is 20.4.